The number of carbonyl (C=O) groups is 2. The highest BCUT2D eigenvalue weighted by molar-refractivity contribution is 6.05. The summed E-state index contributed by atoms with van der Waals surface area (Å²) in [4.78, 5) is 24.6. The van der Waals surface area contributed by atoms with Crippen molar-refractivity contribution in [2.45, 2.75) is 26.2 Å². The molecule has 3 aromatic carbocycles. The molecule has 0 fully saturated rings. The highest BCUT2D eigenvalue weighted by Gasteiger charge is 2.08. The van der Waals surface area contributed by atoms with Crippen LogP contribution in [-0.2, 0) is 0 Å². The fourth-order valence-electron chi connectivity index (χ4n) is 2.88. The first-order valence-corrected chi connectivity index (χ1v) is 10.2. The second kappa shape index (κ2) is 10.8. The van der Waals surface area contributed by atoms with Gasteiger partial charge in [0.1, 0.15) is 5.75 Å². The molecule has 3 rings (SSSR count). The average Bonchev–Trinajstić information content (AvgIpc) is 2.79. The predicted molar refractivity (Wildman–Crippen MR) is 120 cm³/mol. The predicted octanol–water partition coefficient (Wildman–Crippen LogP) is 5.76. The highest BCUT2D eigenvalue weighted by atomic mass is 16.5. The van der Waals surface area contributed by atoms with Gasteiger partial charge in [0.2, 0.25) is 0 Å². The number of benzene rings is 3. The van der Waals surface area contributed by atoms with Gasteiger partial charge in [0.25, 0.3) is 11.8 Å². The summed E-state index contributed by atoms with van der Waals surface area (Å²) in [5.41, 5.74) is 2.45. The van der Waals surface area contributed by atoms with Crippen LogP contribution in [0.25, 0.3) is 0 Å². The summed E-state index contributed by atoms with van der Waals surface area (Å²) < 4.78 is 5.67. The Balaban J connectivity index is 1.52. The molecule has 5 nitrogen and oxygen atoms in total. The van der Waals surface area contributed by atoms with E-state index in [1.165, 1.54) is 0 Å². The van der Waals surface area contributed by atoms with E-state index in [4.69, 9.17) is 4.74 Å². The largest absolute Gasteiger partial charge is 0.494 e. The molecule has 0 spiro atoms. The topological polar surface area (TPSA) is 67.4 Å². The SMILES string of the molecule is CCCCCOc1ccc(C(=O)Nc2ccc(NC(=O)c3ccccc3)cc2)cc1. The van der Waals surface area contributed by atoms with E-state index in [9.17, 15) is 9.59 Å². The first-order chi connectivity index (χ1) is 14.7. The third kappa shape index (κ3) is 6.21. The maximum Gasteiger partial charge on any atom is 0.255 e. The van der Waals surface area contributed by atoms with E-state index in [0.717, 1.165) is 25.0 Å². The molecule has 0 unspecified atom stereocenters. The quantitative estimate of drug-likeness (QED) is 0.447. The summed E-state index contributed by atoms with van der Waals surface area (Å²) >= 11 is 0. The number of unbranched alkanes of at least 4 members (excludes halogenated alkanes) is 2. The van der Waals surface area contributed by atoms with Gasteiger partial charge in [-0.1, -0.05) is 38.0 Å². The molecule has 0 saturated carbocycles. The minimum atomic E-state index is -0.200. The van der Waals surface area contributed by atoms with Crippen molar-refractivity contribution in [1.82, 2.24) is 0 Å². The summed E-state index contributed by atoms with van der Waals surface area (Å²) in [6.45, 7) is 2.84. The van der Waals surface area contributed by atoms with Crippen LogP contribution in [0.1, 0.15) is 46.9 Å². The number of hydrogen-bond donors (Lipinski definition) is 2. The molecule has 0 aromatic heterocycles. The van der Waals surface area contributed by atoms with E-state index in [2.05, 4.69) is 17.6 Å². The van der Waals surface area contributed by atoms with Crippen LogP contribution in [0, 0.1) is 0 Å². The van der Waals surface area contributed by atoms with E-state index in [1.807, 2.05) is 30.3 Å². The third-order valence-electron chi connectivity index (χ3n) is 4.57. The maximum absolute atomic E-state index is 12.5. The van der Waals surface area contributed by atoms with Crippen molar-refractivity contribution >= 4 is 23.2 Å². The van der Waals surface area contributed by atoms with Gasteiger partial charge in [0, 0.05) is 22.5 Å². The Morgan fingerprint density at radius 3 is 1.77 bits per heavy atom. The molecule has 0 atom stereocenters. The zero-order valence-electron chi connectivity index (χ0n) is 17.1. The van der Waals surface area contributed by atoms with Crippen LogP contribution >= 0.6 is 0 Å². The average molecular weight is 402 g/mol. The number of carbonyl (C=O) groups excluding carboxylic acids is 2. The molecule has 0 aliphatic heterocycles. The van der Waals surface area contributed by atoms with Crippen molar-refractivity contribution in [2.75, 3.05) is 17.2 Å². The Hall–Kier alpha value is -3.60. The first-order valence-electron chi connectivity index (χ1n) is 10.2. The van der Waals surface area contributed by atoms with Crippen LogP contribution in [0.2, 0.25) is 0 Å². The van der Waals surface area contributed by atoms with Crippen LogP contribution in [0.4, 0.5) is 11.4 Å². The number of nitrogens with one attached hydrogen (secondary N) is 2. The van der Waals surface area contributed by atoms with E-state index in [0.29, 0.717) is 29.1 Å². The summed E-state index contributed by atoms with van der Waals surface area (Å²) in [5, 5.41) is 5.69. The standard InChI is InChI=1S/C25H26N2O3/c1-2-3-7-18-30-23-16-10-20(11-17-23)25(29)27-22-14-12-21(13-15-22)26-24(28)19-8-5-4-6-9-19/h4-6,8-17H,2-3,7,18H2,1H3,(H,26,28)(H,27,29). The summed E-state index contributed by atoms with van der Waals surface area (Å²) in [7, 11) is 0. The van der Waals surface area contributed by atoms with Crippen molar-refractivity contribution in [3.05, 3.63) is 90.0 Å². The van der Waals surface area contributed by atoms with Gasteiger partial charge >= 0.3 is 0 Å². The molecule has 0 bridgehead atoms. The lowest BCUT2D eigenvalue weighted by Gasteiger charge is -2.09. The van der Waals surface area contributed by atoms with Crippen LogP contribution in [0.5, 0.6) is 5.75 Å². The van der Waals surface area contributed by atoms with Crippen LogP contribution < -0.4 is 15.4 Å². The zero-order valence-corrected chi connectivity index (χ0v) is 17.1. The summed E-state index contributed by atoms with van der Waals surface area (Å²) in [5.74, 6) is 0.388. The van der Waals surface area contributed by atoms with Crippen molar-refractivity contribution in [3.8, 4) is 5.75 Å². The number of hydrogen-bond acceptors (Lipinski definition) is 3. The third-order valence-corrected chi connectivity index (χ3v) is 4.57. The van der Waals surface area contributed by atoms with Gasteiger partial charge in [-0.2, -0.15) is 0 Å². The molecule has 30 heavy (non-hydrogen) atoms. The number of anilines is 2. The normalized spacial score (nSPS) is 10.3. The molecule has 154 valence electrons. The second-order valence-electron chi connectivity index (χ2n) is 6.93. The molecule has 0 aliphatic carbocycles. The smallest absolute Gasteiger partial charge is 0.255 e. The van der Waals surface area contributed by atoms with Gasteiger partial charge in [0.05, 0.1) is 6.61 Å². The van der Waals surface area contributed by atoms with E-state index in [1.54, 1.807) is 48.5 Å². The van der Waals surface area contributed by atoms with Crippen molar-refractivity contribution in [2.24, 2.45) is 0 Å². The highest BCUT2D eigenvalue weighted by Crippen LogP contribution is 2.17. The Bertz CT molecular complexity index is 952. The van der Waals surface area contributed by atoms with Crippen molar-refractivity contribution < 1.29 is 14.3 Å². The van der Waals surface area contributed by atoms with Crippen molar-refractivity contribution in [1.29, 1.82) is 0 Å². The minimum absolute atomic E-state index is 0.176. The molecule has 5 heteroatoms. The maximum atomic E-state index is 12.5. The lowest BCUT2D eigenvalue weighted by molar-refractivity contribution is 0.101. The number of amides is 2. The Labute approximate surface area is 177 Å². The molecule has 0 aliphatic rings. The molecular weight excluding hydrogens is 376 g/mol. The van der Waals surface area contributed by atoms with Crippen LogP contribution in [-0.4, -0.2) is 18.4 Å². The van der Waals surface area contributed by atoms with Gasteiger partial charge in [-0.15, -0.1) is 0 Å². The van der Waals surface area contributed by atoms with E-state index < -0.39 is 0 Å². The Kier molecular flexibility index (Phi) is 7.61. The lowest BCUT2D eigenvalue weighted by atomic mass is 10.2. The van der Waals surface area contributed by atoms with E-state index in [-0.39, 0.29) is 11.8 Å². The molecule has 3 aromatic rings. The van der Waals surface area contributed by atoms with Crippen LogP contribution in [0.15, 0.2) is 78.9 Å². The molecule has 0 saturated heterocycles. The summed E-state index contributed by atoms with van der Waals surface area (Å²) in [6, 6.07) is 23.1. The second-order valence-corrected chi connectivity index (χ2v) is 6.93. The number of rotatable bonds is 9. The lowest BCUT2D eigenvalue weighted by Crippen LogP contribution is -2.13. The Morgan fingerprint density at radius 1 is 0.700 bits per heavy atom. The van der Waals surface area contributed by atoms with Gasteiger partial charge in [0.15, 0.2) is 0 Å². The summed E-state index contributed by atoms with van der Waals surface area (Å²) in [6.07, 6.45) is 3.33. The molecule has 2 N–H and O–H groups in total. The van der Waals surface area contributed by atoms with Crippen molar-refractivity contribution in [3.63, 3.8) is 0 Å². The van der Waals surface area contributed by atoms with Crippen LogP contribution in [0.3, 0.4) is 0 Å². The minimum Gasteiger partial charge on any atom is -0.494 e. The zero-order chi connectivity index (χ0) is 21.2. The molecule has 0 heterocycles. The number of ether oxygens (including phenoxy) is 1. The van der Waals surface area contributed by atoms with Gasteiger partial charge < -0.3 is 15.4 Å². The van der Waals surface area contributed by atoms with Gasteiger partial charge in [-0.25, -0.2) is 0 Å². The van der Waals surface area contributed by atoms with Gasteiger partial charge in [-0.3, -0.25) is 9.59 Å². The van der Waals surface area contributed by atoms with E-state index >= 15 is 0 Å². The Morgan fingerprint density at radius 2 is 1.23 bits per heavy atom. The fourth-order valence-corrected chi connectivity index (χ4v) is 2.88. The molecule has 0 radical (unpaired) electrons. The first kappa shape index (κ1) is 21.1. The molecule has 2 amide bonds. The van der Waals surface area contributed by atoms with Gasteiger partial charge in [-0.05, 0) is 67.1 Å². The monoisotopic (exact) mass is 402 g/mol. The fraction of sp³-hybridized carbons (Fsp3) is 0.200. The molecular formula is C25H26N2O3.